The molecule has 1 aliphatic heterocycles. The monoisotopic (exact) mass is 228 g/mol. The molecule has 2 unspecified atom stereocenters. The highest BCUT2D eigenvalue weighted by atomic mass is 16.5. The predicted octanol–water partition coefficient (Wildman–Crippen LogP) is 1.73. The van der Waals surface area contributed by atoms with Gasteiger partial charge in [0, 0.05) is 19.2 Å². The van der Waals surface area contributed by atoms with E-state index in [9.17, 15) is 0 Å². The lowest BCUT2D eigenvalue weighted by Gasteiger charge is -2.27. The molecular formula is C13H28N2O. The van der Waals surface area contributed by atoms with Crippen LogP contribution < -0.4 is 5.32 Å². The van der Waals surface area contributed by atoms with Gasteiger partial charge in [-0.2, -0.15) is 0 Å². The Balaban J connectivity index is 2.37. The fourth-order valence-electron chi connectivity index (χ4n) is 2.32. The van der Waals surface area contributed by atoms with E-state index in [2.05, 4.69) is 31.1 Å². The lowest BCUT2D eigenvalue weighted by Crippen LogP contribution is -2.44. The highest BCUT2D eigenvalue weighted by molar-refractivity contribution is 4.79. The minimum Gasteiger partial charge on any atom is -0.383 e. The fraction of sp³-hybridized carbons (Fsp3) is 1.00. The lowest BCUT2D eigenvalue weighted by molar-refractivity contribution is 0.138. The van der Waals surface area contributed by atoms with E-state index in [0.29, 0.717) is 18.0 Å². The molecule has 0 radical (unpaired) electrons. The summed E-state index contributed by atoms with van der Waals surface area (Å²) >= 11 is 0. The molecule has 1 heterocycles. The van der Waals surface area contributed by atoms with Crippen LogP contribution in [0.25, 0.3) is 0 Å². The first-order chi connectivity index (χ1) is 7.63. The maximum Gasteiger partial charge on any atom is 0.0618 e. The van der Waals surface area contributed by atoms with Gasteiger partial charge >= 0.3 is 0 Å². The third kappa shape index (κ3) is 4.81. The van der Waals surface area contributed by atoms with Gasteiger partial charge in [0.15, 0.2) is 0 Å². The molecule has 3 nitrogen and oxygen atoms in total. The van der Waals surface area contributed by atoms with Crippen molar-refractivity contribution in [3.8, 4) is 0 Å². The molecule has 1 N–H and O–H groups in total. The maximum absolute atomic E-state index is 5.29. The molecule has 0 saturated carbocycles. The summed E-state index contributed by atoms with van der Waals surface area (Å²) in [4.78, 5) is 2.43. The van der Waals surface area contributed by atoms with Crippen molar-refractivity contribution in [1.82, 2.24) is 10.2 Å². The second kappa shape index (κ2) is 7.25. The van der Waals surface area contributed by atoms with E-state index < -0.39 is 0 Å². The van der Waals surface area contributed by atoms with E-state index in [1.165, 1.54) is 32.4 Å². The van der Waals surface area contributed by atoms with Gasteiger partial charge in [-0.3, -0.25) is 0 Å². The number of rotatable bonds is 5. The highest BCUT2D eigenvalue weighted by Gasteiger charge is 2.20. The Morgan fingerprint density at radius 2 is 2.06 bits per heavy atom. The van der Waals surface area contributed by atoms with Crippen LogP contribution in [-0.4, -0.2) is 50.8 Å². The molecule has 3 heteroatoms. The summed E-state index contributed by atoms with van der Waals surface area (Å²) in [5.41, 5.74) is 0. The summed E-state index contributed by atoms with van der Waals surface area (Å²) in [6, 6.07) is 1.17. The summed E-state index contributed by atoms with van der Waals surface area (Å²) in [6.07, 6.45) is 3.88. The van der Waals surface area contributed by atoms with E-state index in [1.54, 1.807) is 7.11 Å². The van der Waals surface area contributed by atoms with Crippen LogP contribution in [-0.2, 0) is 4.74 Å². The average molecular weight is 228 g/mol. The maximum atomic E-state index is 5.29. The number of methoxy groups -OCH3 is 1. The molecule has 0 aromatic rings. The normalized spacial score (nSPS) is 25.7. The third-order valence-corrected chi connectivity index (χ3v) is 3.55. The van der Waals surface area contributed by atoms with Crippen LogP contribution in [0.4, 0.5) is 0 Å². The van der Waals surface area contributed by atoms with Crippen LogP contribution >= 0.6 is 0 Å². The first kappa shape index (κ1) is 13.9. The Labute approximate surface area is 101 Å². The van der Waals surface area contributed by atoms with Crippen LogP contribution in [0.1, 0.15) is 33.1 Å². The zero-order valence-corrected chi connectivity index (χ0v) is 11.3. The van der Waals surface area contributed by atoms with Crippen LogP contribution in [0.5, 0.6) is 0 Å². The van der Waals surface area contributed by atoms with E-state index in [1.807, 2.05) is 0 Å². The average Bonchev–Trinajstić information content (AvgIpc) is 2.43. The number of nitrogens with zero attached hydrogens (tertiary/aromatic N) is 1. The van der Waals surface area contributed by atoms with Gasteiger partial charge in [-0.05, 0) is 45.3 Å². The second-order valence-corrected chi connectivity index (χ2v) is 5.40. The number of hydrogen-bond acceptors (Lipinski definition) is 3. The van der Waals surface area contributed by atoms with Crippen molar-refractivity contribution >= 4 is 0 Å². The Morgan fingerprint density at radius 1 is 1.31 bits per heavy atom. The van der Waals surface area contributed by atoms with E-state index >= 15 is 0 Å². The van der Waals surface area contributed by atoms with Crippen molar-refractivity contribution in [1.29, 1.82) is 0 Å². The lowest BCUT2D eigenvalue weighted by atomic mass is 10.0. The highest BCUT2D eigenvalue weighted by Crippen LogP contribution is 2.12. The van der Waals surface area contributed by atoms with E-state index in [-0.39, 0.29) is 0 Å². The minimum atomic E-state index is 0.499. The summed E-state index contributed by atoms with van der Waals surface area (Å²) in [5, 5.41) is 3.77. The van der Waals surface area contributed by atoms with Crippen LogP contribution in [0.15, 0.2) is 0 Å². The Morgan fingerprint density at radius 3 is 2.69 bits per heavy atom. The molecule has 0 aliphatic carbocycles. The standard InChI is InChI=1S/C13H28N2O/c1-11(2)13(10-16-4)14-12-6-5-8-15(3)9-7-12/h11-14H,5-10H2,1-4H3. The number of hydrogen-bond donors (Lipinski definition) is 1. The van der Waals surface area contributed by atoms with Crippen molar-refractivity contribution < 1.29 is 4.74 Å². The predicted molar refractivity (Wildman–Crippen MR) is 68.8 cm³/mol. The summed E-state index contributed by atoms with van der Waals surface area (Å²) in [6.45, 7) is 7.81. The molecule has 1 saturated heterocycles. The molecular weight excluding hydrogens is 200 g/mol. The van der Waals surface area contributed by atoms with Crippen LogP contribution in [0.2, 0.25) is 0 Å². The fourth-order valence-corrected chi connectivity index (χ4v) is 2.32. The molecule has 0 bridgehead atoms. The second-order valence-electron chi connectivity index (χ2n) is 5.40. The van der Waals surface area contributed by atoms with Crippen molar-refractivity contribution in [3.05, 3.63) is 0 Å². The number of ether oxygens (including phenoxy) is 1. The topological polar surface area (TPSA) is 24.5 Å². The van der Waals surface area contributed by atoms with Gasteiger partial charge in [-0.25, -0.2) is 0 Å². The van der Waals surface area contributed by atoms with Gasteiger partial charge in [0.2, 0.25) is 0 Å². The van der Waals surface area contributed by atoms with Gasteiger partial charge in [-0.15, -0.1) is 0 Å². The van der Waals surface area contributed by atoms with Crippen molar-refractivity contribution in [2.45, 2.75) is 45.2 Å². The Hall–Kier alpha value is -0.120. The molecule has 0 amide bonds. The third-order valence-electron chi connectivity index (χ3n) is 3.55. The molecule has 0 spiro atoms. The van der Waals surface area contributed by atoms with Gasteiger partial charge in [0.25, 0.3) is 0 Å². The molecule has 16 heavy (non-hydrogen) atoms. The van der Waals surface area contributed by atoms with E-state index in [0.717, 1.165) is 6.61 Å². The summed E-state index contributed by atoms with van der Waals surface area (Å²) in [5.74, 6) is 0.640. The Bertz CT molecular complexity index is 185. The van der Waals surface area contributed by atoms with Crippen molar-refractivity contribution in [2.75, 3.05) is 33.9 Å². The smallest absolute Gasteiger partial charge is 0.0618 e. The molecule has 2 atom stereocenters. The van der Waals surface area contributed by atoms with Crippen molar-refractivity contribution in [2.24, 2.45) is 5.92 Å². The van der Waals surface area contributed by atoms with Gasteiger partial charge in [0.1, 0.15) is 0 Å². The van der Waals surface area contributed by atoms with Gasteiger partial charge in [0.05, 0.1) is 6.61 Å². The quantitative estimate of drug-likeness (QED) is 0.775. The van der Waals surface area contributed by atoms with Crippen LogP contribution in [0, 0.1) is 5.92 Å². The van der Waals surface area contributed by atoms with Gasteiger partial charge < -0.3 is 15.0 Å². The molecule has 1 rings (SSSR count). The van der Waals surface area contributed by atoms with Crippen LogP contribution in [0.3, 0.4) is 0 Å². The van der Waals surface area contributed by atoms with E-state index in [4.69, 9.17) is 4.74 Å². The number of nitrogens with one attached hydrogen (secondary N) is 1. The SMILES string of the molecule is COCC(NC1CCCN(C)CC1)C(C)C. The summed E-state index contributed by atoms with van der Waals surface area (Å²) < 4.78 is 5.29. The molecule has 96 valence electrons. The Kier molecular flexibility index (Phi) is 6.32. The zero-order valence-electron chi connectivity index (χ0n) is 11.3. The largest absolute Gasteiger partial charge is 0.383 e. The number of likely N-dealkylation sites (tertiary alicyclic amines) is 1. The molecule has 1 aliphatic rings. The zero-order chi connectivity index (χ0) is 12.0. The first-order valence-electron chi connectivity index (χ1n) is 6.57. The molecule has 0 aromatic carbocycles. The molecule has 0 aromatic heterocycles. The molecule has 1 fully saturated rings. The minimum absolute atomic E-state index is 0.499. The van der Waals surface area contributed by atoms with Crippen molar-refractivity contribution in [3.63, 3.8) is 0 Å². The summed E-state index contributed by atoms with van der Waals surface area (Å²) in [7, 11) is 4.01. The first-order valence-corrected chi connectivity index (χ1v) is 6.57. The van der Waals surface area contributed by atoms with Gasteiger partial charge in [-0.1, -0.05) is 13.8 Å².